The summed E-state index contributed by atoms with van der Waals surface area (Å²) in [6, 6.07) is 5.12. The van der Waals surface area contributed by atoms with Crippen LogP contribution >= 0.6 is 0 Å². The summed E-state index contributed by atoms with van der Waals surface area (Å²) in [5.74, 6) is -0.250. The van der Waals surface area contributed by atoms with Crippen molar-refractivity contribution in [2.45, 2.75) is 18.7 Å². The molecule has 2 aromatic rings. The Morgan fingerprint density at radius 3 is 2.50 bits per heavy atom. The summed E-state index contributed by atoms with van der Waals surface area (Å²) in [5.41, 5.74) is 0.565. The molecule has 1 heterocycles. The van der Waals surface area contributed by atoms with E-state index >= 15 is 0 Å². The van der Waals surface area contributed by atoms with Gasteiger partial charge in [0.15, 0.2) is 5.82 Å². The minimum atomic E-state index is -4.00. The third kappa shape index (κ3) is 2.21. The van der Waals surface area contributed by atoms with Crippen molar-refractivity contribution >= 4 is 15.8 Å². The van der Waals surface area contributed by atoms with E-state index in [4.69, 9.17) is 4.52 Å². The lowest BCUT2D eigenvalue weighted by molar-refractivity contribution is 0.399. The zero-order valence-corrected chi connectivity index (χ0v) is 10.6. The van der Waals surface area contributed by atoms with Crippen molar-refractivity contribution in [1.82, 2.24) is 5.16 Å². The molecule has 0 bridgehead atoms. The Morgan fingerprint density at radius 1 is 1.28 bits per heavy atom. The molecule has 1 aromatic heterocycles. The number of sulfonamides is 1. The highest BCUT2D eigenvalue weighted by Crippen LogP contribution is 2.21. The van der Waals surface area contributed by atoms with Gasteiger partial charge < -0.3 is 4.52 Å². The second-order valence-corrected chi connectivity index (χ2v) is 5.40. The topological polar surface area (TPSA) is 72.2 Å². The molecule has 7 heteroatoms. The number of hydrogen-bond donors (Lipinski definition) is 1. The number of nitrogens with zero attached hydrogens (tertiary/aromatic N) is 1. The Hall–Kier alpha value is -1.89. The second-order valence-electron chi connectivity index (χ2n) is 3.75. The normalized spacial score (nSPS) is 11.5. The molecule has 2 rings (SSSR count). The van der Waals surface area contributed by atoms with Crippen LogP contribution in [0.25, 0.3) is 0 Å². The van der Waals surface area contributed by atoms with E-state index in [2.05, 4.69) is 9.88 Å². The Balaban J connectivity index is 2.40. The first-order chi connectivity index (χ1) is 8.42. The molecule has 0 amide bonds. The monoisotopic (exact) mass is 270 g/mol. The molecule has 0 saturated heterocycles. The molecule has 1 aromatic carbocycles. The SMILES string of the molecule is Cc1onc(NS(=O)(=O)c2ccccc2F)c1C. The van der Waals surface area contributed by atoms with Crippen molar-refractivity contribution in [3.05, 3.63) is 41.4 Å². The molecular weight excluding hydrogens is 259 g/mol. The number of hydrogen-bond acceptors (Lipinski definition) is 4. The Bertz CT molecular complexity index is 679. The van der Waals surface area contributed by atoms with Crippen LogP contribution in [0.4, 0.5) is 10.2 Å². The zero-order chi connectivity index (χ0) is 13.3. The molecule has 1 N–H and O–H groups in total. The molecule has 0 unspecified atom stereocenters. The van der Waals surface area contributed by atoms with Crippen LogP contribution < -0.4 is 4.72 Å². The summed E-state index contributed by atoms with van der Waals surface area (Å²) in [4.78, 5) is -0.426. The van der Waals surface area contributed by atoms with Gasteiger partial charge in [0.2, 0.25) is 0 Å². The number of rotatable bonds is 3. The first-order valence-electron chi connectivity index (χ1n) is 5.12. The summed E-state index contributed by atoms with van der Waals surface area (Å²) in [5, 5.41) is 3.57. The van der Waals surface area contributed by atoms with E-state index in [-0.39, 0.29) is 5.82 Å². The lowest BCUT2D eigenvalue weighted by Gasteiger charge is -2.06. The van der Waals surface area contributed by atoms with Crippen molar-refractivity contribution in [3.63, 3.8) is 0 Å². The van der Waals surface area contributed by atoms with Gasteiger partial charge in [-0.2, -0.15) is 0 Å². The first kappa shape index (κ1) is 12.6. The Kier molecular flexibility index (Phi) is 3.08. The first-order valence-corrected chi connectivity index (χ1v) is 6.60. The third-order valence-electron chi connectivity index (χ3n) is 2.51. The predicted octanol–water partition coefficient (Wildman–Crippen LogP) is 2.23. The van der Waals surface area contributed by atoms with Crippen molar-refractivity contribution in [2.75, 3.05) is 4.72 Å². The number of benzene rings is 1. The van der Waals surface area contributed by atoms with Crippen molar-refractivity contribution in [3.8, 4) is 0 Å². The van der Waals surface area contributed by atoms with E-state index in [1.165, 1.54) is 18.2 Å². The summed E-state index contributed by atoms with van der Waals surface area (Å²) in [6.45, 7) is 3.31. The number of nitrogens with one attached hydrogen (secondary N) is 1. The van der Waals surface area contributed by atoms with Gasteiger partial charge >= 0.3 is 0 Å². The van der Waals surface area contributed by atoms with Gasteiger partial charge in [-0.25, -0.2) is 12.8 Å². The van der Waals surface area contributed by atoms with E-state index in [0.717, 1.165) is 6.07 Å². The number of aromatic nitrogens is 1. The van der Waals surface area contributed by atoms with Gasteiger partial charge in [0.05, 0.1) is 0 Å². The van der Waals surface area contributed by atoms with Gasteiger partial charge in [-0.3, -0.25) is 4.72 Å². The van der Waals surface area contributed by atoms with E-state index < -0.39 is 20.7 Å². The number of aryl methyl sites for hydroxylation is 1. The van der Waals surface area contributed by atoms with Crippen LogP contribution in [0.15, 0.2) is 33.7 Å². The maximum atomic E-state index is 13.4. The molecule has 0 atom stereocenters. The van der Waals surface area contributed by atoms with Crippen molar-refractivity contribution in [1.29, 1.82) is 0 Å². The van der Waals surface area contributed by atoms with E-state index in [1.807, 2.05) is 0 Å². The molecule has 5 nitrogen and oxygen atoms in total. The molecule has 0 aliphatic carbocycles. The van der Waals surface area contributed by atoms with Crippen LogP contribution in [0.2, 0.25) is 0 Å². The molecule has 0 fully saturated rings. The van der Waals surface area contributed by atoms with Gasteiger partial charge in [-0.05, 0) is 26.0 Å². The van der Waals surface area contributed by atoms with Gasteiger partial charge in [0, 0.05) is 5.56 Å². The summed E-state index contributed by atoms with van der Waals surface area (Å²) >= 11 is 0. The van der Waals surface area contributed by atoms with Crippen LogP contribution in [0, 0.1) is 19.7 Å². The minimum Gasteiger partial charge on any atom is -0.359 e. The zero-order valence-electron chi connectivity index (χ0n) is 9.77. The lowest BCUT2D eigenvalue weighted by Crippen LogP contribution is -2.15. The van der Waals surface area contributed by atoms with E-state index in [9.17, 15) is 12.8 Å². The van der Waals surface area contributed by atoms with Crippen LogP contribution in [-0.4, -0.2) is 13.6 Å². The fraction of sp³-hybridized carbons (Fsp3) is 0.182. The van der Waals surface area contributed by atoms with Crippen LogP contribution in [0.3, 0.4) is 0 Å². The molecule has 0 aliphatic rings. The fourth-order valence-electron chi connectivity index (χ4n) is 1.36. The average molecular weight is 270 g/mol. The number of halogens is 1. The van der Waals surface area contributed by atoms with Crippen LogP contribution in [0.5, 0.6) is 0 Å². The maximum absolute atomic E-state index is 13.4. The molecule has 0 radical (unpaired) electrons. The Morgan fingerprint density at radius 2 is 1.94 bits per heavy atom. The van der Waals surface area contributed by atoms with Crippen LogP contribution in [-0.2, 0) is 10.0 Å². The lowest BCUT2D eigenvalue weighted by atomic mass is 10.3. The molecule has 96 valence electrons. The average Bonchev–Trinajstić information content (AvgIpc) is 2.61. The summed E-state index contributed by atoms with van der Waals surface area (Å²) < 4.78 is 44.4. The Labute approximate surface area is 104 Å². The van der Waals surface area contributed by atoms with Crippen molar-refractivity contribution < 1.29 is 17.3 Å². The predicted molar refractivity (Wildman–Crippen MR) is 63.2 cm³/mol. The van der Waals surface area contributed by atoms with E-state index in [0.29, 0.717) is 11.3 Å². The smallest absolute Gasteiger partial charge is 0.266 e. The fourth-order valence-corrected chi connectivity index (χ4v) is 2.50. The highest BCUT2D eigenvalue weighted by molar-refractivity contribution is 7.92. The van der Waals surface area contributed by atoms with Gasteiger partial charge in [0.1, 0.15) is 16.5 Å². The molecule has 18 heavy (non-hydrogen) atoms. The highest BCUT2D eigenvalue weighted by Gasteiger charge is 2.21. The van der Waals surface area contributed by atoms with Gasteiger partial charge in [-0.15, -0.1) is 0 Å². The third-order valence-corrected chi connectivity index (χ3v) is 3.89. The summed E-state index contributed by atoms with van der Waals surface area (Å²) in [7, 11) is -4.00. The highest BCUT2D eigenvalue weighted by atomic mass is 32.2. The van der Waals surface area contributed by atoms with Gasteiger partial charge in [0.25, 0.3) is 10.0 Å². The molecule has 0 saturated carbocycles. The minimum absolute atomic E-state index is 0.0655. The molecule has 0 aliphatic heterocycles. The van der Waals surface area contributed by atoms with Crippen LogP contribution in [0.1, 0.15) is 11.3 Å². The van der Waals surface area contributed by atoms with E-state index in [1.54, 1.807) is 13.8 Å². The second kappa shape index (κ2) is 4.41. The quantitative estimate of drug-likeness (QED) is 0.928. The standard InChI is InChI=1S/C11H11FN2O3S/c1-7-8(2)17-13-11(7)14-18(15,16)10-6-4-3-5-9(10)12/h3-6H,1-2H3,(H,13,14). The summed E-state index contributed by atoms with van der Waals surface area (Å²) in [6.07, 6.45) is 0. The maximum Gasteiger partial charge on any atom is 0.266 e. The molecule has 0 spiro atoms. The molecular formula is C11H11FN2O3S. The van der Waals surface area contributed by atoms with Crippen molar-refractivity contribution in [2.24, 2.45) is 0 Å². The largest absolute Gasteiger partial charge is 0.359 e. The van der Waals surface area contributed by atoms with Gasteiger partial charge in [-0.1, -0.05) is 17.3 Å². The number of anilines is 1.